The lowest BCUT2D eigenvalue weighted by Crippen LogP contribution is -2.18. The SMILES string of the molecule is NCOCCn1cc(OCc2ccccc2)c(=O)cc1CO. The molecule has 0 radical (unpaired) electrons. The highest BCUT2D eigenvalue weighted by Crippen LogP contribution is 2.10. The van der Waals surface area contributed by atoms with Crippen molar-refractivity contribution in [2.45, 2.75) is 19.8 Å². The Kier molecular flexibility index (Phi) is 6.14. The molecule has 1 aromatic heterocycles. The zero-order valence-corrected chi connectivity index (χ0v) is 12.3. The van der Waals surface area contributed by atoms with E-state index in [4.69, 9.17) is 15.2 Å². The predicted molar refractivity (Wildman–Crippen MR) is 82.4 cm³/mol. The van der Waals surface area contributed by atoms with Gasteiger partial charge in [-0.1, -0.05) is 30.3 Å². The molecule has 2 aromatic rings. The molecule has 6 heteroatoms. The van der Waals surface area contributed by atoms with Crippen LogP contribution in [-0.2, 0) is 24.5 Å². The van der Waals surface area contributed by atoms with Crippen molar-refractivity contribution in [2.24, 2.45) is 5.73 Å². The Morgan fingerprint density at radius 3 is 2.68 bits per heavy atom. The van der Waals surface area contributed by atoms with Gasteiger partial charge in [-0.15, -0.1) is 0 Å². The number of aliphatic hydroxyl groups excluding tert-OH is 1. The summed E-state index contributed by atoms with van der Waals surface area (Å²) in [5.74, 6) is 0.244. The Balaban J connectivity index is 2.12. The van der Waals surface area contributed by atoms with E-state index in [1.54, 1.807) is 10.8 Å². The molecule has 0 spiro atoms. The summed E-state index contributed by atoms with van der Waals surface area (Å²) in [6, 6.07) is 11.0. The molecule has 1 aromatic carbocycles. The third kappa shape index (κ3) is 4.42. The maximum Gasteiger partial charge on any atom is 0.223 e. The van der Waals surface area contributed by atoms with Gasteiger partial charge in [0.2, 0.25) is 5.43 Å². The van der Waals surface area contributed by atoms with Crippen molar-refractivity contribution in [1.82, 2.24) is 4.57 Å². The number of hydrogen-bond donors (Lipinski definition) is 2. The van der Waals surface area contributed by atoms with Gasteiger partial charge in [-0.3, -0.25) is 4.79 Å². The van der Waals surface area contributed by atoms with Gasteiger partial charge in [0.15, 0.2) is 5.75 Å². The summed E-state index contributed by atoms with van der Waals surface area (Å²) in [4.78, 5) is 12.0. The zero-order valence-electron chi connectivity index (χ0n) is 12.3. The van der Waals surface area contributed by atoms with E-state index in [-0.39, 0.29) is 24.5 Å². The highest BCUT2D eigenvalue weighted by atomic mass is 16.5. The van der Waals surface area contributed by atoms with E-state index < -0.39 is 0 Å². The average Bonchev–Trinajstić information content (AvgIpc) is 2.55. The highest BCUT2D eigenvalue weighted by molar-refractivity contribution is 5.23. The molecule has 0 atom stereocenters. The summed E-state index contributed by atoms with van der Waals surface area (Å²) in [6.07, 6.45) is 1.59. The van der Waals surface area contributed by atoms with Crippen LogP contribution in [0.3, 0.4) is 0 Å². The number of nitrogens with two attached hydrogens (primary N) is 1. The third-order valence-electron chi connectivity index (χ3n) is 3.18. The van der Waals surface area contributed by atoms with Gasteiger partial charge in [0.05, 0.1) is 26.1 Å². The summed E-state index contributed by atoms with van der Waals surface area (Å²) in [5, 5.41) is 9.33. The van der Waals surface area contributed by atoms with Gasteiger partial charge in [0, 0.05) is 18.3 Å². The molecular weight excluding hydrogens is 284 g/mol. The van der Waals surface area contributed by atoms with E-state index in [1.807, 2.05) is 30.3 Å². The topological polar surface area (TPSA) is 86.7 Å². The predicted octanol–water partition coefficient (Wildman–Crippen LogP) is 0.852. The minimum absolute atomic E-state index is 0.131. The first kappa shape index (κ1) is 16.2. The quantitative estimate of drug-likeness (QED) is 0.558. The fourth-order valence-corrected chi connectivity index (χ4v) is 2.03. The first-order valence-electron chi connectivity index (χ1n) is 7.03. The Morgan fingerprint density at radius 2 is 2.00 bits per heavy atom. The van der Waals surface area contributed by atoms with Gasteiger partial charge in [-0.2, -0.15) is 0 Å². The first-order valence-corrected chi connectivity index (χ1v) is 7.03. The highest BCUT2D eigenvalue weighted by Gasteiger charge is 2.07. The van der Waals surface area contributed by atoms with E-state index in [1.165, 1.54) is 6.07 Å². The lowest BCUT2D eigenvalue weighted by Gasteiger charge is -2.14. The summed E-state index contributed by atoms with van der Waals surface area (Å²) in [5.41, 5.74) is 6.51. The molecule has 0 aliphatic carbocycles. The molecule has 0 saturated heterocycles. The maximum atomic E-state index is 12.0. The molecule has 1 heterocycles. The van der Waals surface area contributed by atoms with Crippen molar-refractivity contribution in [3.05, 3.63) is 64.1 Å². The normalized spacial score (nSPS) is 10.6. The maximum absolute atomic E-state index is 12.0. The van der Waals surface area contributed by atoms with Crippen LogP contribution in [0.2, 0.25) is 0 Å². The number of benzene rings is 1. The lowest BCUT2D eigenvalue weighted by molar-refractivity contribution is 0.130. The first-order chi connectivity index (χ1) is 10.7. The van der Waals surface area contributed by atoms with Crippen LogP contribution in [0.4, 0.5) is 0 Å². The van der Waals surface area contributed by atoms with E-state index in [9.17, 15) is 9.90 Å². The van der Waals surface area contributed by atoms with Crippen molar-refractivity contribution in [3.63, 3.8) is 0 Å². The van der Waals surface area contributed by atoms with E-state index in [2.05, 4.69) is 0 Å². The van der Waals surface area contributed by atoms with Crippen LogP contribution in [-0.4, -0.2) is 23.0 Å². The van der Waals surface area contributed by atoms with E-state index in [0.29, 0.717) is 25.5 Å². The van der Waals surface area contributed by atoms with Crippen molar-refractivity contribution >= 4 is 0 Å². The summed E-state index contributed by atoms with van der Waals surface area (Å²) < 4.78 is 12.4. The van der Waals surface area contributed by atoms with Crippen molar-refractivity contribution < 1.29 is 14.6 Å². The Hall–Kier alpha value is -2.15. The second-order valence-corrected chi connectivity index (χ2v) is 4.69. The average molecular weight is 304 g/mol. The van der Waals surface area contributed by atoms with Crippen LogP contribution in [0.5, 0.6) is 5.75 Å². The zero-order chi connectivity index (χ0) is 15.8. The number of aromatic nitrogens is 1. The second-order valence-electron chi connectivity index (χ2n) is 4.69. The van der Waals surface area contributed by atoms with Crippen molar-refractivity contribution in [2.75, 3.05) is 13.3 Å². The second kappa shape index (κ2) is 8.33. The van der Waals surface area contributed by atoms with Gasteiger partial charge in [-0.05, 0) is 5.56 Å². The number of aliphatic hydroxyl groups is 1. The number of ether oxygens (including phenoxy) is 2. The summed E-state index contributed by atoms with van der Waals surface area (Å²) in [6.45, 7) is 1.09. The van der Waals surface area contributed by atoms with Gasteiger partial charge in [0.1, 0.15) is 6.61 Å². The van der Waals surface area contributed by atoms with Crippen LogP contribution in [0, 0.1) is 0 Å². The summed E-state index contributed by atoms with van der Waals surface area (Å²) >= 11 is 0. The molecule has 118 valence electrons. The fourth-order valence-electron chi connectivity index (χ4n) is 2.03. The van der Waals surface area contributed by atoms with E-state index in [0.717, 1.165) is 5.56 Å². The Morgan fingerprint density at radius 1 is 1.23 bits per heavy atom. The number of hydrogen-bond acceptors (Lipinski definition) is 5. The molecule has 2 rings (SSSR count). The minimum atomic E-state index is -0.254. The van der Waals surface area contributed by atoms with Crippen molar-refractivity contribution in [3.8, 4) is 5.75 Å². The smallest absolute Gasteiger partial charge is 0.223 e. The van der Waals surface area contributed by atoms with Crippen molar-refractivity contribution in [1.29, 1.82) is 0 Å². The molecule has 0 aliphatic heterocycles. The largest absolute Gasteiger partial charge is 0.483 e. The molecule has 0 aliphatic rings. The molecule has 0 unspecified atom stereocenters. The number of pyridine rings is 1. The number of nitrogens with zero attached hydrogens (tertiary/aromatic N) is 1. The van der Waals surface area contributed by atoms with Crippen LogP contribution in [0.1, 0.15) is 11.3 Å². The lowest BCUT2D eigenvalue weighted by atomic mass is 10.2. The van der Waals surface area contributed by atoms with Crippen LogP contribution >= 0.6 is 0 Å². The molecule has 0 amide bonds. The molecule has 0 saturated carbocycles. The molecule has 0 fully saturated rings. The molecule has 0 bridgehead atoms. The molecule has 6 nitrogen and oxygen atoms in total. The van der Waals surface area contributed by atoms with Gasteiger partial charge in [-0.25, -0.2) is 0 Å². The monoisotopic (exact) mass is 304 g/mol. The van der Waals surface area contributed by atoms with Gasteiger partial charge in [0.25, 0.3) is 0 Å². The summed E-state index contributed by atoms with van der Waals surface area (Å²) in [7, 11) is 0. The molecular formula is C16H20N2O4. The fraction of sp³-hybridized carbons (Fsp3) is 0.312. The van der Waals surface area contributed by atoms with Crippen LogP contribution in [0.15, 0.2) is 47.4 Å². The minimum Gasteiger partial charge on any atom is -0.483 e. The van der Waals surface area contributed by atoms with E-state index >= 15 is 0 Å². The Bertz CT molecular complexity index is 640. The third-order valence-corrected chi connectivity index (χ3v) is 3.18. The standard InChI is InChI=1S/C16H20N2O4/c17-12-21-7-6-18-9-16(15(20)8-14(18)10-19)22-11-13-4-2-1-3-5-13/h1-5,8-9,19H,6-7,10-12,17H2. The molecule has 3 N–H and O–H groups in total. The van der Waals surface area contributed by atoms with Gasteiger partial charge >= 0.3 is 0 Å². The number of rotatable bonds is 8. The van der Waals surface area contributed by atoms with Gasteiger partial charge < -0.3 is 24.9 Å². The van der Waals surface area contributed by atoms with Crippen LogP contribution < -0.4 is 15.9 Å². The Labute approximate surface area is 128 Å². The van der Waals surface area contributed by atoms with Crippen LogP contribution in [0.25, 0.3) is 0 Å². The molecule has 22 heavy (non-hydrogen) atoms.